The predicted molar refractivity (Wildman–Crippen MR) is 58.6 cm³/mol. The molecule has 0 saturated heterocycles. The lowest BCUT2D eigenvalue weighted by Crippen LogP contribution is -2.12. The number of nitrogens with one attached hydrogen (secondary N) is 1. The maximum atomic E-state index is 11.0. The number of carboxylic acids is 1. The molecule has 5 heteroatoms. The van der Waals surface area contributed by atoms with E-state index >= 15 is 0 Å². The monoisotopic (exact) mass is 221 g/mol. The van der Waals surface area contributed by atoms with Crippen molar-refractivity contribution < 1.29 is 19.8 Å². The molecule has 0 aliphatic carbocycles. The molecule has 16 heavy (non-hydrogen) atoms. The van der Waals surface area contributed by atoms with E-state index in [9.17, 15) is 14.7 Å². The first kappa shape index (κ1) is 11.8. The number of amides is 1. The summed E-state index contributed by atoms with van der Waals surface area (Å²) in [5.41, 5.74) is 0.389. The number of benzene rings is 1. The van der Waals surface area contributed by atoms with Crippen LogP contribution in [0.15, 0.2) is 24.8 Å². The van der Waals surface area contributed by atoms with Crippen LogP contribution in [0.1, 0.15) is 15.9 Å². The third-order valence-electron chi connectivity index (χ3n) is 2.01. The first-order chi connectivity index (χ1) is 7.45. The third-order valence-corrected chi connectivity index (χ3v) is 2.01. The summed E-state index contributed by atoms with van der Waals surface area (Å²) in [6.45, 7) is 4.82. The molecule has 0 heterocycles. The molecule has 0 aromatic heterocycles. The highest BCUT2D eigenvalue weighted by Crippen LogP contribution is 2.25. The number of hydrogen-bond acceptors (Lipinski definition) is 3. The number of phenols is 1. The Bertz CT molecular complexity index is 465. The van der Waals surface area contributed by atoms with E-state index in [1.54, 1.807) is 6.92 Å². The molecule has 0 fully saturated rings. The lowest BCUT2D eigenvalue weighted by Gasteiger charge is -2.09. The number of phenolic OH excluding ortho intramolecular Hbond substituents is 1. The third kappa shape index (κ3) is 2.38. The summed E-state index contributed by atoms with van der Waals surface area (Å²) in [5.74, 6) is -1.79. The average molecular weight is 221 g/mol. The van der Waals surface area contributed by atoms with E-state index in [0.717, 1.165) is 6.08 Å². The Morgan fingerprint density at radius 3 is 2.56 bits per heavy atom. The van der Waals surface area contributed by atoms with E-state index in [1.807, 2.05) is 0 Å². The molecule has 1 aromatic rings. The molecular weight excluding hydrogens is 210 g/mol. The molecule has 84 valence electrons. The number of carbonyl (C=O) groups is 2. The number of rotatable bonds is 3. The molecule has 1 rings (SSSR count). The Morgan fingerprint density at radius 2 is 2.06 bits per heavy atom. The van der Waals surface area contributed by atoms with Gasteiger partial charge < -0.3 is 15.5 Å². The quantitative estimate of drug-likeness (QED) is 0.675. The van der Waals surface area contributed by atoms with Gasteiger partial charge >= 0.3 is 5.97 Å². The molecule has 1 aromatic carbocycles. The zero-order valence-corrected chi connectivity index (χ0v) is 8.65. The molecule has 0 unspecified atom stereocenters. The lowest BCUT2D eigenvalue weighted by atomic mass is 10.1. The summed E-state index contributed by atoms with van der Waals surface area (Å²) < 4.78 is 0. The summed E-state index contributed by atoms with van der Waals surface area (Å²) in [6, 6.07) is 2.48. The van der Waals surface area contributed by atoms with Crippen molar-refractivity contribution in [2.24, 2.45) is 0 Å². The molecule has 0 spiro atoms. The second kappa shape index (κ2) is 4.48. The largest absolute Gasteiger partial charge is 0.508 e. The van der Waals surface area contributed by atoms with Gasteiger partial charge in [0.1, 0.15) is 5.75 Å². The fraction of sp³-hybridized carbons (Fsp3) is 0.0909. The van der Waals surface area contributed by atoms with Crippen LogP contribution in [0.4, 0.5) is 5.69 Å². The molecule has 0 atom stereocenters. The molecule has 5 nitrogen and oxygen atoms in total. The summed E-state index contributed by atoms with van der Waals surface area (Å²) in [5, 5.41) is 20.6. The minimum absolute atomic E-state index is 0.0421. The Labute approximate surface area is 92.0 Å². The standard InChI is InChI=1S/C11H11NO4/c1-3-10(14)12-8-5-9(13)6(2)4-7(8)11(15)16/h3-5,13H,1H2,2H3,(H,12,14)(H,15,16). The number of aromatic carboxylic acids is 1. The van der Waals surface area contributed by atoms with E-state index < -0.39 is 11.9 Å². The molecular formula is C11H11NO4. The van der Waals surface area contributed by atoms with Crippen molar-refractivity contribution in [1.82, 2.24) is 0 Å². The summed E-state index contributed by atoms with van der Waals surface area (Å²) in [7, 11) is 0. The van der Waals surface area contributed by atoms with Crippen molar-refractivity contribution in [2.75, 3.05) is 5.32 Å². The second-order valence-corrected chi connectivity index (χ2v) is 3.18. The number of aryl methyl sites for hydroxylation is 1. The van der Waals surface area contributed by atoms with E-state index in [-0.39, 0.29) is 17.0 Å². The minimum atomic E-state index is -1.18. The Hall–Kier alpha value is -2.30. The lowest BCUT2D eigenvalue weighted by molar-refractivity contribution is -0.111. The fourth-order valence-corrected chi connectivity index (χ4v) is 1.16. The highest BCUT2D eigenvalue weighted by Gasteiger charge is 2.14. The van der Waals surface area contributed by atoms with Crippen molar-refractivity contribution in [3.63, 3.8) is 0 Å². The second-order valence-electron chi connectivity index (χ2n) is 3.18. The number of hydrogen-bond donors (Lipinski definition) is 3. The first-order valence-electron chi connectivity index (χ1n) is 4.46. The Balaban J connectivity index is 3.24. The van der Waals surface area contributed by atoms with Crippen LogP contribution in [-0.2, 0) is 4.79 Å². The van der Waals surface area contributed by atoms with Crippen molar-refractivity contribution in [3.05, 3.63) is 35.9 Å². The molecule has 0 aliphatic rings. The molecule has 1 amide bonds. The summed E-state index contributed by atoms with van der Waals surface area (Å²) in [6.07, 6.45) is 1.02. The van der Waals surface area contributed by atoms with Crippen LogP contribution in [-0.4, -0.2) is 22.1 Å². The zero-order valence-electron chi connectivity index (χ0n) is 8.65. The van der Waals surface area contributed by atoms with Gasteiger partial charge in [-0.2, -0.15) is 0 Å². The Morgan fingerprint density at radius 1 is 1.44 bits per heavy atom. The number of carbonyl (C=O) groups excluding carboxylic acids is 1. The molecule has 0 aliphatic heterocycles. The number of carboxylic acid groups (broad SMARTS) is 1. The molecule has 3 N–H and O–H groups in total. The number of aromatic hydroxyl groups is 1. The van der Waals surface area contributed by atoms with Crippen molar-refractivity contribution in [3.8, 4) is 5.75 Å². The highest BCUT2D eigenvalue weighted by molar-refractivity contribution is 6.04. The average Bonchev–Trinajstić information content (AvgIpc) is 2.22. The van der Waals surface area contributed by atoms with Gasteiger partial charge in [-0.15, -0.1) is 0 Å². The van der Waals surface area contributed by atoms with Gasteiger partial charge in [0.2, 0.25) is 5.91 Å². The van der Waals surface area contributed by atoms with E-state index in [1.165, 1.54) is 12.1 Å². The molecule has 0 radical (unpaired) electrons. The SMILES string of the molecule is C=CC(=O)Nc1cc(O)c(C)cc1C(=O)O. The molecule has 0 saturated carbocycles. The van der Waals surface area contributed by atoms with Crippen LogP contribution in [0.25, 0.3) is 0 Å². The topological polar surface area (TPSA) is 86.6 Å². The summed E-state index contributed by atoms with van der Waals surface area (Å²) in [4.78, 5) is 21.9. The smallest absolute Gasteiger partial charge is 0.337 e. The van der Waals surface area contributed by atoms with E-state index in [2.05, 4.69) is 11.9 Å². The maximum Gasteiger partial charge on any atom is 0.337 e. The van der Waals surface area contributed by atoms with Crippen LogP contribution < -0.4 is 5.32 Å². The van der Waals surface area contributed by atoms with Crippen LogP contribution >= 0.6 is 0 Å². The van der Waals surface area contributed by atoms with Gasteiger partial charge in [0.15, 0.2) is 0 Å². The van der Waals surface area contributed by atoms with Crippen molar-refractivity contribution >= 4 is 17.6 Å². The van der Waals surface area contributed by atoms with Crippen LogP contribution in [0.5, 0.6) is 5.75 Å². The van der Waals surface area contributed by atoms with Crippen LogP contribution in [0.3, 0.4) is 0 Å². The first-order valence-corrected chi connectivity index (χ1v) is 4.46. The summed E-state index contributed by atoms with van der Waals surface area (Å²) >= 11 is 0. The van der Waals surface area contributed by atoms with Crippen molar-refractivity contribution in [2.45, 2.75) is 6.92 Å². The number of anilines is 1. The van der Waals surface area contributed by atoms with Crippen LogP contribution in [0.2, 0.25) is 0 Å². The van der Waals surface area contributed by atoms with Gasteiger partial charge in [0.25, 0.3) is 0 Å². The predicted octanol–water partition coefficient (Wildman–Crippen LogP) is 1.52. The maximum absolute atomic E-state index is 11.0. The molecule has 0 bridgehead atoms. The van der Waals surface area contributed by atoms with Gasteiger partial charge in [-0.3, -0.25) is 4.79 Å². The van der Waals surface area contributed by atoms with E-state index in [4.69, 9.17) is 5.11 Å². The van der Waals surface area contributed by atoms with Gasteiger partial charge in [0, 0.05) is 6.07 Å². The fourth-order valence-electron chi connectivity index (χ4n) is 1.16. The minimum Gasteiger partial charge on any atom is -0.508 e. The van der Waals surface area contributed by atoms with Crippen LogP contribution in [0, 0.1) is 6.92 Å². The van der Waals surface area contributed by atoms with Gasteiger partial charge in [-0.25, -0.2) is 4.79 Å². The highest BCUT2D eigenvalue weighted by atomic mass is 16.4. The van der Waals surface area contributed by atoms with Gasteiger partial charge in [-0.05, 0) is 24.6 Å². The van der Waals surface area contributed by atoms with E-state index in [0.29, 0.717) is 5.56 Å². The van der Waals surface area contributed by atoms with Crippen molar-refractivity contribution in [1.29, 1.82) is 0 Å². The van der Waals surface area contributed by atoms with Gasteiger partial charge in [0.05, 0.1) is 11.3 Å². The zero-order chi connectivity index (χ0) is 12.3. The Kier molecular flexibility index (Phi) is 3.30. The normalized spacial score (nSPS) is 9.56. The van der Waals surface area contributed by atoms with Gasteiger partial charge in [-0.1, -0.05) is 6.58 Å².